The van der Waals surface area contributed by atoms with E-state index in [2.05, 4.69) is 11.7 Å². The van der Waals surface area contributed by atoms with Crippen molar-refractivity contribution in [3.63, 3.8) is 0 Å². The molecule has 0 aliphatic carbocycles. The number of ether oxygens (including phenoxy) is 1. The maximum Gasteiger partial charge on any atom is 0.320 e. The Balaban J connectivity index is 0. The minimum absolute atomic E-state index is 0. The normalized spacial score (nSPS) is 11.5. The molecule has 0 aromatic heterocycles. The summed E-state index contributed by atoms with van der Waals surface area (Å²) < 4.78 is 4.67. The molecule has 0 spiro atoms. The molecule has 30 heavy (non-hydrogen) atoms. The van der Waals surface area contributed by atoms with E-state index in [4.69, 9.17) is 10.8 Å². The smallest absolute Gasteiger partial charge is 0.320 e. The van der Waals surface area contributed by atoms with Crippen molar-refractivity contribution in [2.75, 3.05) is 0 Å². The summed E-state index contributed by atoms with van der Waals surface area (Å²) in [5, 5.41) is 8.63. The van der Waals surface area contributed by atoms with Crippen molar-refractivity contribution in [2.45, 2.75) is 129 Å². The van der Waals surface area contributed by atoms with Crippen LogP contribution in [0.25, 0.3) is 0 Å². The third-order valence-electron chi connectivity index (χ3n) is 5.19. The van der Waals surface area contributed by atoms with Gasteiger partial charge in [-0.05, 0) is 12.8 Å². The topological polar surface area (TPSA) is 107 Å². The fraction of sp³-hybridized carbons (Fsp3) is 0.870. The predicted molar refractivity (Wildman–Crippen MR) is 125 cm³/mol. The van der Waals surface area contributed by atoms with E-state index in [1.54, 1.807) is 0 Å². The van der Waals surface area contributed by atoms with Crippen molar-refractivity contribution in [1.82, 2.24) is 0 Å². The zero-order chi connectivity index (χ0) is 21.7. The summed E-state index contributed by atoms with van der Waals surface area (Å²) in [6.45, 7) is 2.25. The van der Waals surface area contributed by atoms with Gasteiger partial charge in [0.05, 0.1) is 0 Å². The van der Waals surface area contributed by atoms with Crippen LogP contribution in [-0.4, -0.2) is 46.4 Å². The number of carboxylic acids is 1. The van der Waals surface area contributed by atoms with E-state index in [9.17, 15) is 14.4 Å². The van der Waals surface area contributed by atoms with Crippen molar-refractivity contribution < 1.29 is 24.2 Å². The van der Waals surface area contributed by atoms with Crippen LogP contribution in [-0.2, 0) is 19.1 Å². The first-order valence-electron chi connectivity index (χ1n) is 11.7. The molecule has 0 saturated heterocycles. The average molecular weight is 444 g/mol. The number of nitrogens with two attached hydrogens (primary N) is 1. The van der Waals surface area contributed by atoms with Gasteiger partial charge in [0.2, 0.25) is 0 Å². The third-order valence-corrected chi connectivity index (χ3v) is 5.19. The molecular formula is C23H46AlNO5. The highest BCUT2D eigenvalue weighted by molar-refractivity contribution is 5.85. The van der Waals surface area contributed by atoms with Gasteiger partial charge in [-0.3, -0.25) is 14.4 Å². The van der Waals surface area contributed by atoms with Crippen LogP contribution in [0.3, 0.4) is 0 Å². The standard InChI is InChI=1S/C23H43NO5.Al.3H/c1-2-3-4-5-6-7-8-9-10-11-12-13-14-15-16-17-21(25)29-22(26)19-18-20(24)23(27)28;;;;/h20H,2-19,24H2,1H3,(H,27,28);;;;/t20-;;;;/m0..../s1. The van der Waals surface area contributed by atoms with Gasteiger partial charge in [0.15, 0.2) is 17.4 Å². The van der Waals surface area contributed by atoms with E-state index >= 15 is 0 Å². The van der Waals surface area contributed by atoms with Crippen LogP contribution < -0.4 is 5.73 Å². The first kappa shape index (κ1) is 31.3. The molecule has 176 valence electrons. The van der Waals surface area contributed by atoms with Crippen LogP contribution in [0.4, 0.5) is 0 Å². The minimum Gasteiger partial charge on any atom is -0.480 e. The summed E-state index contributed by atoms with van der Waals surface area (Å²) in [5.41, 5.74) is 5.30. The van der Waals surface area contributed by atoms with E-state index in [-0.39, 0.29) is 36.6 Å². The summed E-state index contributed by atoms with van der Waals surface area (Å²) in [6.07, 6.45) is 18.9. The second-order valence-corrected chi connectivity index (χ2v) is 8.03. The van der Waals surface area contributed by atoms with Crippen LogP contribution in [0, 0.1) is 0 Å². The lowest BCUT2D eigenvalue weighted by molar-refractivity contribution is -0.159. The monoisotopic (exact) mass is 443 g/mol. The van der Waals surface area contributed by atoms with E-state index in [1.165, 1.54) is 77.0 Å². The van der Waals surface area contributed by atoms with Crippen molar-refractivity contribution in [3.8, 4) is 0 Å². The number of hydrogen-bond donors (Lipinski definition) is 2. The molecule has 0 fully saturated rings. The van der Waals surface area contributed by atoms with Crippen molar-refractivity contribution in [3.05, 3.63) is 0 Å². The molecule has 0 aliphatic rings. The van der Waals surface area contributed by atoms with Crippen LogP contribution >= 0.6 is 0 Å². The van der Waals surface area contributed by atoms with Gasteiger partial charge in [0, 0.05) is 12.8 Å². The van der Waals surface area contributed by atoms with Gasteiger partial charge in [-0.25, -0.2) is 0 Å². The molecule has 0 aromatic carbocycles. The highest BCUT2D eigenvalue weighted by atomic mass is 27.0. The molecular weight excluding hydrogens is 397 g/mol. The van der Waals surface area contributed by atoms with Crippen molar-refractivity contribution in [2.24, 2.45) is 5.73 Å². The largest absolute Gasteiger partial charge is 0.480 e. The Morgan fingerprint density at radius 2 is 1.07 bits per heavy atom. The Labute approximate surface area is 193 Å². The fourth-order valence-electron chi connectivity index (χ4n) is 3.27. The molecule has 3 N–H and O–H groups in total. The minimum atomic E-state index is -1.16. The summed E-state index contributed by atoms with van der Waals surface area (Å²) in [5.74, 6) is -2.40. The number of rotatable bonds is 20. The molecule has 0 bridgehead atoms. The van der Waals surface area contributed by atoms with Crippen LogP contribution in [0.15, 0.2) is 0 Å². The van der Waals surface area contributed by atoms with Crippen LogP contribution in [0.2, 0.25) is 0 Å². The van der Waals surface area contributed by atoms with Gasteiger partial charge in [-0.15, -0.1) is 0 Å². The number of carbonyl (C=O) groups excluding carboxylic acids is 2. The van der Waals surface area contributed by atoms with Crippen molar-refractivity contribution in [1.29, 1.82) is 0 Å². The van der Waals surface area contributed by atoms with Crippen molar-refractivity contribution >= 4 is 35.3 Å². The van der Waals surface area contributed by atoms with E-state index in [1.807, 2.05) is 0 Å². The molecule has 7 heteroatoms. The highest BCUT2D eigenvalue weighted by Gasteiger charge is 2.16. The van der Waals surface area contributed by atoms with E-state index in [0.717, 1.165) is 19.3 Å². The number of unbranched alkanes of at least 4 members (excludes halogenated alkanes) is 14. The van der Waals surface area contributed by atoms with E-state index in [0.29, 0.717) is 0 Å². The predicted octanol–water partition coefficient (Wildman–Crippen LogP) is 4.33. The Kier molecular flexibility index (Phi) is 23.8. The molecule has 6 nitrogen and oxygen atoms in total. The molecule has 0 saturated carbocycles. The van der Waals surface area contributed by atoms with Gasteiger partial charge in [-0.2, -0.15) is 0 Å². The molecule has 0 radical (unpaired) electrons. The molecule has 0 aliphatic heterocycles. The zero-order valence-electron chi connectivity index (χ0n) is 18.5. The summed E-state index contributed by atoms with van der Waals surface area (Å²) in [7, 11) is 0. The van der Waals surface area contributed by atoms with Crippen LogP contribution in [0.5, 0.6) is 0 Å². The first-order valence-corrected chi connectivity index (χ1v) is 11.7. The molecule has 0 amide bonds. The Morgan fingerprint density at radius 3 is 1.47 bits per heavy atom. The zero-order valence-corrected chi connectivity index (χ0v) is 18.5. The summed E-state index contributed by atoms with van der Waals surface area (Å²) in [4.78, 5) is 33.6. The highest BCUT2D eigenvalue weighted by Crippen LogP contribution is 2.14. The van der Waals surface area contributed by atoms with Crippen LogP contribution in [0.1, 0.15) is 122 Å². The van der Waals surface area contributed by atoms with Gasteiger partial charge in [0.1, 0.15) is 6.04 Å². The molecule has 0 unspecified atom stereocenters. The number of carboxylic acid groups (broad SMARTS) is 1. The third kappa shape index (κ3) is 21.8. The number of carbonyl (C=O) groups is 3. The SMILES string of the molecule is CCCCCCCCCCCCCCCCCC(=O)OC(=O)CC[C@H](N)C(=O)O.[AlH3]. The molecule has 0 rings (SSSR count). The molecule has 0 aromatic rings. The number of esters is 2. The maximum atomic E-state index is 11.6. The van der Waals surface area contributed by atoms with E-state index < -0.39 is 23.9 Å². The lowest BCUT2D eigenvalue weighted by Crippen LogP contribution is -2.30. The first-order chi connectivity index (χ1) is 14.0. The van der Waals surface area contributed by atoms with Gasteiger partial charge >= 0.3 is 17.9 Å². The summed E-state index contributed by atoms with van der Waals surface area (Å²) in [6, 6.07) is -1.10. The average Bonchev–Trinajstić information content (AvgIpc) is 2.68. The summed E-state index contributed by atoms with van der Waals surface area (Å²) >= 11 is 0. The Morgan fingerprint density at radius 1 is 0.700 bits per heavy atom. The maximum absolute atomic E-state index is 11.6. The quantitative estimate of drug-likeness (QED) is 0.126. The second kappa shape index (κ2) is 22.8. The Hall–Kier alpha value is -0.898. The number of aliphatic carboxylic acids is 1. The Bertz CT molecular complexity index is 445. The van der Waals surface area contributed by atoms with Gasteiger partial charge in [0.25, 0.3) is 0 Å². The fourth-order valence-corrected chi connectivity index (χ4v) is 3.27. The lowest BCUT2D eigenvalue weighted by atomic mass is 10.0. The van der Waals surface area contributed by atoms with Gasteiger partial charge in [-0.1, -0.05) is 96.8 Å². The number of hydrogen-bond acceptors (Lipinski definition) is 5. The van der Waals surface area contributed by atoms with Gasteiger partial charge < -0.3 is 15.6 Å². The second-order valence-electron chi connectivity index (χ2n) is 8.03. The molecule has 1 atom stereocenters. The lowest BCUT2D eigenvalue weighted by Gasteiger charge is -2.06. The molecule has 0 heterocycles.